The van der Waals surface area contributed by atoms with E-state index in [0.717, 1.165) is 30.1 Å². The second-order valence-electron chi connectivity index (χ2n) is 5.96. The Morgan fingerprint density at radius 3 is 2.79 bits per heavy atom. The van der Waals surface area contributed by atoms with E-state index in [1.165, 1.54) is 23.1 Å². The third kappa shape index (κ3) is 5.03. The Balaban J connectivity index is 1.30. The van der Waals surface area contributed by atoms with Crippen LogP contribution in [0.25, 0.3) is 0 Å². The number of benzene rings is 2. The van der Waals surface area contributed by atoms with Crippen LogP contribution in [-0.2, 0) is 23.4 Å². The number of carbonyl (C=O) groups is 1. The molecule has 0 aliphatic heterocycles. The van der Waals surface area contributed by atoms with Crippen LogP contribution < -0.4 is 10.1 Å². The lowest BCUT2D eigenvalue weighted by atomic mass is 10.1. The molecule has 3 nitrogen and oxygen atoms in total. The number of ether oxygens (including phenoxy) is 1. The first-order valence-electron chi connectivity index (χ1n) is 8.44. The topological polar surface area (TPSA) is 38.3 Å². The first-order chi connectivity index (χ1) is 11.8. The van der Waals surface area contributed by atoms with Crippen molar-refractivity contribution in [1.82, 2.24) is 5.32 Å². The molecule has 126 valence electrons. The van der Waals surface area contributed by atoms with E-state index < -0.39 is 0 Å². The number of fused-ring (bicyclic) bond motifs is 1. The number of nitrogens with one attached hydrogen (secondary N) is 1. The lowest BCUT2D eigenvalue weighted by Crippen LogP contribution is -2.30. The van der Waals surface area contributed by atoms with Gasteiger partial charge in [0.1, 0.15) is 5.75 Å². The van der Waals surface area contributed by atoms with Gasteiger partial charge in [0, 0.05) is 18.1 Å². The Bertz CT molecular complexity index is 673. The number of hydrogen-bond donors (Lipinski definition) is 1. The predicted molar refractivity (Wildman–Crippen MR) is 99.6 cm³/mol. The molecule has 0 heterocycles. The summed E-state index contributed by atoms with van der Waals surface area (Å²) in [5, 5.41) is 2.91. The highest BCUT2D eigenvalue weighted by molar-refractivity contribution is 7.98. The number of aryl methyl sites for hydroxylation is 2. The fourth-order valence-electron chi connectivity index (χ4n) is 2.86. The minimum atomic E-state index is -0.0594. The van der Waals surface area contributed by atoms with Crippen molar-refractivity contribution < 1.29 is 9.53 Å². The molecule has 0 bridgehead atoms. The van der Waals surface area contributed by atoms with Crippen molar-refractivity contribution in [2.24, 2.45) is 0 Å². The van der Waals surface area contributed by atoms with E-state index in [0.29, 0.717) is 6.54 Å². The molecule has 0 atom stereocenters. The molecule has 1 amide bonds. The molecule has 2 aromatic rings. The minimum Gasteiger partial charge on any atom is -0.484 e. The molecule has 2 aromatic carbocycles. The van der Waals surface area contributed by atoms with Crippen LogP contribution in [0.2, 0.25) is 0 Å². The van der Waals surface area contributed by atoms with E-state index in [2.05, 4.69) is 29.6 Å². The maximum atomic E-state index is 11.8. The monoisotopic (exact) mass is 341 g/mol. The van der Waals surface area contributed by atoms with Crippen LogP contribution in [0.3, 0.4) is 0 Å². The highest BCUT2D eigenvalue weighted by Crippen LogP contribution is 2.25. The van der Waals surface area contributed by atoms with Crippen LogP contribution in [0, 0.1) is 0 Å². The Kier molecular flexibility index (Phi) is 6.19. The summed E-state index contributed by atoms with van der Waals surface area (Å²) >= 11 is 1.82. The molecule has 24 heavy (non-hydrogen) atoms. The predicted octanol–water partition coefficient (Wildman–Crippen LogP) is 3.60. The van der Waals surface area contributed by atoms with Gasteiger partial charge in [0.15, 0.2) is 6.61 Å². The van der Waals surface area contributed by atoms with Crippen LogP contribution in [0.1, 0.15) is 23.1 Å². The van der Waals surface area contributed by atoms with Gasteiger partial charge in [-0.15, -0.1) is 0 Å². The standard InChI is InChI=1S/C20H23NO2S/c22-20(21-11-12-24-15-16-5-2-1-3-6-16)14-23-19-10-9-17-7-4-8-18(17)13-19/h1-3,5-6,9-10,13H,4,7-8,11-12,14-15H2,(H,21,22). The van der Waals surface area contributed by atoms with E-state index >= 15 is 0 Å². The molecule has 0 aromatic heterocycles. The van der Waals surface area contributed by atoms with Crippen molar-refractivity contribution >= 4 is 17.7 Å². The SMILES string of the molecule is O=C(COc1ccc2c(c1)CCC2)NCCSCc1ccccc1. The Labute approximate surface area is 147 Å². The molecular weight excluding hydrogens is 318 g/mol. The van der Waals surface area contributed by atoms with Gasteiger partial charge in [0.2, 0.25) is 0 Å². The second-order valence-corrected chi connectivity index (χ2v) is 7.07. The van der Waals surface area contributed by atoms with Gasteiger partial charge in [-0.25, -0.2) is 0 Å². The molecule has 0 saturated heterocycles. The number of carbonyl (C=O) groups excluding carboxylic acids is 1. The van der Waals surface area contributed by atoms with Gasteiger partial charge in [-0.1, -0.05) is 36.4 Å². The quantitative estimate of drug-likeness (QED) is 0.746. The van der Waals surface area contributed by atoms with E-state index in [1.807, 2.05) is 36.0 Å². The van der Waals surface area contributed by atoms with Crippen molar-refractivity contribution in [2.45, 2.75) is 25.0 Å². The summed E-state index contributed by atoms with van der Waals surface area (Å²) < 4.78 is 5.60. The van der Waals surface area contributed by atoms with Crippen molar-refractivity contribution in [3.05, 3.63) is 65.2 Å². The zero-order valence-corrected chi connectivity index (χ0v) is 14.6. The molecule has 1 aliphatic carbocycles. The summed E-state index contributed by atoms with van der Waals surface area (Å²) in [7, 11) is 0. The average Bonchev–Trinajstić information content (AvgIpc) is 3.08. The number of hydrogen-bond acceptors (Lipinski definition) is 3. The molecule has 1 N–H and O–H groups in total. The lowest BCUT2D eigenvalue weighted by molar-refractivity contribution is -0.122. The zero-order valence-electron chi connectivity index (χ0n) is 13.8. The Morgan fingerprint density at radius 1 is 1.08 bits per heavy atom. The lowest BCUT2D eigenvalue weighted by Gasteiger charge is -2.09. The van der Waals surface area contributed by atoms with E-state index in [-0.39, 0.29) is 12.5 Å². The third-order valence-corrected chi connectivity index (χ3v) is 5.15. The summed E-state index contributed by atoms with van der Waals surface area (Å²) in [5.74, 6) is 2.61. The van der Waals surface area contributed by atoms with Crippen LogP contribution in [0.4, 0.5) is 0 Å². The van der Waals surface area contributed by atoms with Crippen molar-refractivity contribution in [3.63, 3.8) is 0 Å². The van der Waals surface area contributed by atoms with Crippen LogP contribution in [0.15, 0.2) is 48.5 Å². The highest BCUT2D eigenvalue weighted by Gasteiger charge is 2.11. The molecule has 0 unspecified atom stereocenters. The number of thioether (sulfide) groups is 1. The van der Waals surface area contributed by atoms with Gasteiger partial charge < -0.3 is 10.1 Å². The number of rotatable bonds is 8. The van der Waals surface area contributed by atoms with Crippen LogP contribution in [-0.4, -0.2) is 24.8 Å². The van der Waals surface area contributed by atoms with Crippen molar-refractivity contribution in [3.8, 4) is 5.75 Å². The second kappa shape index (κ2) is 8.78. The summed E-state index contributed by atoms with van der Waals surface area (Å²) in [6.45, 7) is 0.756. The third-order valence-electron chi connectivity index (χ3n) is 4.12. The average molecular weight is 341 g/mol. The normalized spacial score (nSPS) is 12.7. The maximum absolute atomic E-state index is 11.8. The van der Waals surface area contributed by atoms with E-state index in [1.54, 1.807) is 0 Å². The van der Waals surface area contributed by atoms with Gasteiger partial charge in [-0.05, 0) is 48.1 Å². The molecule has 0 spiro atoms. The Morgan fingerprint density at radius 2 is 1.92 bits per heavy atom. The molecule has 4 heteroatoms. The Hall–Kier alpha value is -1.94. The first-order valence-corrected chi connectivity index (χ1v) is 9.60. The molecule has 3 rings (SSSR count). The van der Waals surface area contributed by atoms with Crippen LogP contribution in [0.5, 0.6) is 5.75 Å². The highest BCUT2D eigenvalue weighted by atomic mass is 32.2. The largest absolute Gasteiger partial charge is 0.484 e. The van der Waals surface area contributed by atoms with E-state index in [4.69, 9.17) is 4.74 Å². The van der Waals surface area contributed by atoms with Crippen molar-refractivity contribution in [1.29, 1.82) is 0 Å². The van der Waals surface area contributed by atoms with Gasteiger partial charge in [0.25, 0.3) is 5.91 Å². The van der Waals surface area contributed by atoms with Gasteiger partial charge in [0.05, 0.1) is 0 Å². The van der Waals surface area contributed by atoms with Crippen molar-refractivity contribution in [2.75, 3.05) is 18.9 Å². The smallest absolute Gasteiger partial charge is 0.257 e. The molecule has 1 aliphatic rings. The molecular formula is C20H23NO2S. The maximum Gasteiger partial charge on any atom is 0.257 e. The van der Waals surface area contributed by atoms with E-state index in [9.17, 15) is 4.79 Å². The van der Waals surface area contributed by atoms with Gasteiger partial charge >= 0.3 is 0 Å². The fraction of sp³-hybridized carbons (Fsp3) is 0.350. The summed E-state index contributed by atoms with van der Waals surface area (Å²) in [6.07, 6.45) is 3.51. The number of amides is 1. The van der Waals surface area contributed by atoms with Gasteiger partial charge in [-0.2, -0.15) is 11.8 Å². The summed E-state index contributed by atoms with van der Waals surface area (Å²) in [5.41, 5.74) is 4.10. The molecule has 0 saturated carbocycles. The zero-order chi connectivity index (χ0) is 16.6. The minimum absolute atomic E-state index is 0.0594. The summed E-state index contributed by atoms with van der Waals surface area (Å²) in [6, 6.07) is 16.5. The molecule has 0 fully saturated rings. The van der Waals surface area contributed by atoms with Crippen LogP contribution >= 0.6 is 11.8 Å². The van der Waals surface area contributed by atoms with Gasteiger partial charge in [-0.3, -0.25) is 4.79 Å². The summed E-state index contributed by atoms with van der Waals surface area (Å²) in [4.78, 5) is 11.8. The fourth-order valence-corrected chi connectivity index (χ4v) is 3.68. The first kappa shape index (κ1) is 16.9. The molecule has 0 radical (unpaired) electrons.